The van der Waals surface area contributed by atoms with Gasteiger partial charge in [-0.25, -0.2) is 23.8 Å². The molecule has 8 atom stereocenters. The number of nitrogens with zero attached hydrogens (tertiary/aromatic N) is 5. The Labute approximate surface area is 246 Å². The normalized spacial score (nSPS) is 24.3. The SMILES string of the molecule is NC(=O)c1ccc[n+](C(C=O)OC(C=O)COP(=O)([O-])OP(=O)(O)OCC2OC(n3cnc4c(N)ncnc43)C(O)C2O)c1. The lowest BCUT2D eigenvalue weighted by atomic mass is 10.1. The van der Waals surface area contributed by atoms with Crippen molar-refractivity contribution in [2.45, 2.75) is 36.9 Å². The maximum absolute atomic E-state index is 12.3. The number of fused-ring (bicyclic) bond motifs is 1. The maximum Gasteiger partial charge on any atom is 0.478 e. The van der Waals surface area contributed by atoms with Gasteiger partial charge in [0.2, 0.25) is 6.29 Å². The monoisotopic (exact) mass is 661 g/mol. The minimum absolute atomic E-state index is 0.00599. The first kappa shape index (κ1) is 33.3. The van der Waals surface area contributed by atoms with E-state index in [4.69, 9.17) is 20.9 Å². The van der Waals surface area contributed by atoms with Crippen molar-refractivity contribution in [1.82, 2.24) is 19.5 Å². The lowest BCUT2D eigenvalue weighted by Crippen LogP contribution is -2.45. The van der Waals surface area contributed by atoms with Gasteiger partial charge < -0.3 is 50.3 Å². The molecule has 3 aromatic heterocycles. The zero-order chi connectivity index (χ0) is 32.2. The molecular weight excluding hydrogens is 636 g/mol. The number of aliphatic hydroxyl groups is 2. The van der Waals surface area contributed by atoms with Crippen molar-refractivity contribution in [3.05, 3.63) is 42.7 Å². The van der Waals surface area contributed by atoms with Crippen LogP contribution in [-0.2, 0) is 41.6 Å². The maximum atomic E-state index is 12.3. The molecule has 1 saturated heterocycles. The molecule has 1 aliphatic rings. The smallest absolute Gasteiger partial charge is 0.478 e. The predicted molar refractivity (Wildman–Crippen MR) is 137 cm³/mol. The molecule has 7 N–H and O–H groups in total. The Hall–Kier alpha value is -3.59. The number of carbonyl (C=O) groups excluding carboxylic acids is 3. The number of rotatable bonds is 15. The van der Waals surface area contributed by atoms with E-state index < -0.39 is 71.6 Å². The molecule has 0 aromatic carbocycles. The molecule has 238 valence electrons. The highest BCUT2D eigenvalue weighted by Crippen LogP contribution is 2.58. The molecule has 1 amide bonds. The summed E-state index contributed by atoms with van der Waals surface area (Å²) in [5, 5.41) is 20.8. The molecule has 1 fully saturated rings. The van der Waals surface area contributed by atoms with Crippen LogP contribution in [0.3, 0.4) is 0 Å². The van der Waals surface area contributed by atoms with E-state index in [1.807, 2.05) is 0 Å². The van der Waals surface area contributed by atoms with Gasteiger partial charge in [0, 0.05) is 6.07 Å². The van der Waals surface area contributed by atoms with Gasteiger partial charge >= 0.3 is 14.1 Å². The van der Waals surface area contributed by atoms with Gasteiger partial charge in [0.1, 0.15) is 41.8 Å². The van der Waals surface area contributed by atoms with E-state index in [2.05, 4.69) is 28.3 Å². The third-order valence-corrected chi connectivity index (χ3v) is 8.55. The second kappa shape index (κ2) is 13.6. The van der Waals surface area contributed by atoms with Crippen molar-refractivity contribution in [3.63, 3.8) is 0 Å². The lowest BCUT2D eigenvalue weighted by molar-refractivity contribution is -0.746. The molecule has 0 spiro atoms. The molecule has 23 heteroatoms. The van der Waals surface area contributed by atoms with Crippen LogP contribution in [0, 0.1) is 0 Å². The third-order valence-electron chi connectivity index (χ3n) is 5.98. The van der Waals surface area contributed by atoms with Crippen LogP contribution in [0.1, 0.15) is 22.8 Å². The molecule has 0 radical (unpaired) electrons. The molecule has 0 bridgehead atoms. The van der Waals surface area contributed by atoms with Crippen molar-refractivity contribution in [2.24, 2.45) is 5.73 Å². The van der Waals surface area contributed by atoms with E-state index in [-0.39, 0.29) is 35.1 Å². The summed E-state index contributed by atoms with van der Waals surface area (Å²) in [6, 6.07) is 2.70. The minimum atomic E-state index is -5.67. The average Bonchev–Trinajstić information content (AvgIpc) is 3.53. The van der Waals surface area contributed by atoms with Crippen LogP contribution < -0.4 is 20.9 Å². The number of hydrogen-bond donors (Lipinski definition) is 5. The van der Waals surface area contributed by atoms with E-state index in [1.54, 1.807) is 0 Å². The second-order valence-electron chi connectivity index (χ2n) is 8.96. The summed E-state index contributed by atoms with van der Waals surface area (Å²) < 4.78 is 50.7. The number of nitrogen functional groups attached to an aromatic ring is 1. The van der Waals surface area contributed by atoms with Gasteiger partial charge in [0.15, 0.2) is 36.4 Å². The van der Waals surface area contributed by atoms with Crippen LogP contribution in [0.2, 0.25) is 0 Å². The van der Waals surface area contributed by atoms with E-state index in [0.717, 1.165) is 17.1 Å². The van der Waals surface area contributed by atoms with Crippen LogP contribution in [0.15, 0.2) is 37.2 Å². The van der Waals surface area contributed by atoms with E-state index in [1.165, 1.54) is 29.2 Å². The van der Waals surface area contributed by atoms with Gasteiger partial charge in [0.05, 0.1) is 19.5 Å². The van der Waals surface area contributed by atoms with E-state index in [0.29, 0.717) is 0 Å². The minimum Gasteiger partial charge on any atom is -0.756 e. The highest BCUT2D eigenvalue weighted by atomic mass is 31.3. The summed E-state index contributed by atoms with van der Waals surface area (Å²) in [7, 11) is -11.1. The Morgan fingerprint density at radius 1 is 1.20 bits per heavy atom. The number of amides is 1. The molecule has 4 rings (SSSR count). The van der Waals surface area contributed by atoms with Crippen molar-refractivity contribution in [3.8, 4) is 0 Å². The van der Waals surface area contributed by atoms with Crippen LogP contribution in [0.25, 0.3) is 11.2 Å². The topological polar surface area (TPSA) is 315 Å². The average molecular weight is 661 g/mol. The zero-order valence-electron chi connectivity index (χ0n) is 22.1. The number of phosphoric ester groups is 2. The fraction of sp³-hybridized carbons (Fsp3) is 0.381. The van der Waals surface area contributed by atoms with E-state index in [9.17, 15) is 43.5 Å². The van der Waals surface area contributed by atoms with Crippen molar-refractivity contribution >= 4 is 51.1 Å². The summed E-state index contributed by atoms with van der Waals surface area (Å²) >= 11 is 0. The Morgan fingerprint density at radius 2 is 1.95 bits per heavy atom. The summed E-state index contributed by atoms with van der Waals surface area (Å²) in [6.07, 6.45) is -4.27. The number of hydrogen-bond acceptors (Lipinski definition) is 17. The number of carbonyl (C=O) groups is 3. The van der Waals surface area contributed by atoms with Gasteiger partial charge in [-0.3, -0.25) is 23.2 Å². The molecule has 44 heavy (non-hydrogen) atoms. The summed E-state index contributed by atoms with van der Waals surface area (Å²) in [5.74, 6) is -0.787. The number of anilines is 1. The number of aromatic nitrogens is 5. The second-order valence-corrected chi connectivity index (χ2v) is 12.0. The molecule has 0 saturated carbocycles. The number of nitrogens with two attached hydrogens (primary N) is 2. The quantitative estimate of drug-likeness (QED) is 0.0616. The van der Waals surface area contributed by atoms with Gasteiger partial charge in [-0.1, -0.05) is 0 Å². The van der Waals surface area contributed by atoms with Crippen molar-refractivity contribution < 1.29 is 70.9 Å². The molecular formula is C21H25N7O14P2. The molecule has 3 aromatic rings. The lowest BCUT2D eigenvalue weighted by Gasteiger charge is -2.26. The highest BCUT2D eigenvalue weighted by molar-refractivity contribution is 7.60. The molecule has 0 aliphatic carbocycles. The van der Waals surface area contributed by atoms with Crippen LogP contribution in [0.5, 0.6) is 0 Å². The van der Waals surface area contributed by atoms with Gasteiger partial charge in [0.25, 0.3) is 13.7 Å². The van der Waals surface area contributed by atoms with Gasteiger partial charge in [-0.05, 0) is 6.07 Å². The Morgan fingerprint density at radius 3 is 2.64 bits per heavy atom. The summed E-state index contributed by atoms with van der Waals surface area (Å²) in [4.78, 5) is 68.2. The number of aliphatic hydroxyl groups excluding tert-OH is 2. The molecule has 1 aliphatic heterocycles. The number of primary amides is 1. The van der Waals surface area contributed by atoms with Crippen molar-refractivity contribution in [2.75, 3.05) is 18.9 Å². The first-order chi connectivity index (χ1) is 20.7. The Kier molecular flexibility index (Phi) is 10.3. The van der Waals surface area contributed by atoms with Gasteiger partial charge in [-0.15, -0.1) is 0 Å². The highest BCUT2D eigenvalue weighted by Gasteiger charge is 2.45. The standard InChI is InChI=1S/C21H25N7O14P2/c22-18-15-20(25-9-24-18)28(10-26-15)21-17(32)16(31)13(41-21)8-39-44(36,37)42-43(34,35)38-7-12(5-29)40-14(6-30)27-3-1-2-11(4-27)19(23)33/h1-6,9-10,12-14,16-17,21,31-32H,7-8H2,(H5-,22,23,24,25,33,34,35,36,37). The molecule has 21 nitrogen and oxygen atoms in total. The fourth-order valence-corrected chi connectivity index (χ4v) is 5.97. The van der Waals surface area contributed by atoms with Crippen LogP contribution in [-0.4, -0.2) is 90.7 Å². The number of ether oxygens (including phenoxy) is 2. The Bertz CT molecular complexity index is 1620. The first-order valence-electron chi connectivity index (χ1n) is 12.2. The Balaban J connectivity index is 1.32. The number of phosphoric acid groups is 2. The fourth-order valence-electron chi connectivity index (χ4n) is 3.92. The van der Waals surface area contributed by atoms with Crippen molar-refractivity contribution in [1.29, 1.82) is 0 Å². The number of aldehydes is 2. The third kappa shape index (κ3) is 7.73. The van der Waals surface area contributed by atoms with Crippen LogP contribution in [0.4, 0.5) is 5.82 Å². The zero-order valence-corrected chi connectivity index (χ0v) is 23.9. The summed E-state index contributed by atoms with van der Waals surface area (Å²) in [6.45, 7) is -2.05. The summed E-state index contributed by atoms with van der Waals surface area (Å²) in [5.41, 5.74) is 11.2. The first-order valence-corrected chi connectivity index (χ1v) is 15.2. The van der Waals surface area contributed by atoms with Gasteiger partial charge in [-0.2, -0.15) is 4.57 Å². The van der Waals surface area contributed by atoms with E-state index >= 15 is 0 Å². The number of pyridine rings is 1. The number of imidazole rings is 1. The van der Waals surface area contributed by atoms with Crippen LogP contribution >= 0.6 is 15.6 Å². The predicted octanol–water partition coefficient (Wildman–Crippen LogP) is -2.99. The molecule has 8 unspecified atom stereocenters. The molecule has 4 heterocycles. The largest absolute Gasteiger partial charge is 0.756 e.